The topological polar surface area (TPSA) is 11.3 Å². The summed E-state index contributed by atoms with van der Waals surface area (Å²) in [4.78, 5) is 0. The smallest absolute Gasteiger partial charge is 0.762 e. The van der Waals surface area contributed by atoms with Crippen LogP contribution in [0.25, 0.3) is 22.5 Å². The van der Waals surface area contributed by atoms with Crippen LogP contribution in [0.5, 0.6) is 0 Å². The third kappa shape index (κ3) is 6.35. The van der Waals surface area contributed by atoms with E-state index in [-0.39, 0.29) is 4.70 Å². The molecule has 0 fully saturated rings. The summed E-state index contributed by atoms with van der Waals surface area (Å²) in [7, 11) is -3.67. The first-order chi connectivity index (χ1) is 11.8. The predicted octanol–water partition coefficient (Wildman–Crippen LogP) is 3.70. The Morgan fingerprint density at radius 1 is 0.654 bits per heavy atom. The van der Waals surface area contributed by atoms with Crippen molar-refractivity contribution >= 4 is 7.54 Å². The van der Waals surface area contributed by atoms with E-state index >= 15 is 0 Å². The standard InChI is InChI=1S/C20H19O.BF3.FH/c1-14-4-8-17(9-5-14)19-12-16(3)21-20(13-19)18-10-6-15(2)7-11-18;2-1(3)4;/h4-13H,1-3H3;;1H/q+1;;/p-1. The quantitative estimate of drug-likeness (QED) is 0.384. The van der Waals surface area contributed by atoms with Gasteiger partial charge in [-0.1, -0.05) is 47.5 Å². The van der Waals surface area contributed by atoms with Crippen molar-refractivity contribution in [2.45, 2.75) is 20.8 Å². The van der Waals surface area contributed by atoms with E-state index in [1.54, 1.807) is 0 Å². The Morgan fingerprint density at radius 3 is 1.54 bits per heavy atom. The minimum atomic E-state index is -3.67. The van der Waals surface area contributed by atoms with E-state index in [2.05, 4.69) is 74.5 Å². The van der Waals surface area contributed by atoms with Gasteiger partial charge in [-0.3, -0.25) is 12.9 Å². The zero-order chi connectivity index (χ0) is 18.4. The molecule has 0 aliphatic rings. The highest BCUT2D eigenvalue weighted by Gasteiger charge is 2.16. The van der Waals surface area contributed by atoms with Crippen molar-refractivity contribution < 1.29 is 22.1 Å². The Hall–Kier alpha value is -2.63. The molecule has 1 aromatic heterocycles. The summed E-state index contributed by atoms with van der Waals surface area (Å²) in [6.07, 6.45) is 0. The summed E-state index contributed by atoms with van der Waals surface area (Å²) in [5.41, 5.74) is 6.04. The molecule has 0 radical (unpaired) electrons. The van der Waals surface area contributed by atoms with Crippen LogP contribution in [0.15, 0.2) is 65.1 Å². The summed E-state index contributed by atoms with van der Waals surface area (Å²) >= 11 is 0. The molecule has 136 valence electrons. The Balaban J connectivity index is 0.000000616. The maximum absolute atomic E-state index is 9.67. The molecule has 26 heavy (non-hydrogen) atoms. The maximum atomic E-state index is 9.67. The van der Waals surface area contributed by atoms with Crippen molar-refractivity contribution in [3.63, 3.8) is 0 Å². The van der Waals surface area contributed by atoms with Gasteiger partial charge in [-0.2, -0.15) is 0 Å². The van der Waals surface area contributed by atoms with Gasteiger partial charge in [0.2, 0.25) is 0 Å². The number of hydrogen-bond donors (Lipinski definition) is 0. The molecule has 1 nitrogen and oxygen atoms in total. The Kier molecular flexibility index (Phi) is 8.03. The van der Waals surface area contributed by atoms with Crippen LogP contribution in [0.4, 0.5) is 12.9 Å². The monoisotopic (exact) mass is 362 g/mol. The normalized spacial score (nSPS) is 9.62. The van der Waals surface area contributed by atoms with Gasteiger partial charge < -0.3 is 4.70 Å². The number of aryl methyl sites for hydroxylation is 3. The first kappa shape index (κ1) is 21.4. The van der Waals surface area contributed by atoms with Crippen molar-refractivity contribution in [1.82, 2.24) is 0 Å². The molecule has 0 aliphatic carbocycles. The lowest BCUT2D eigenvalue weighted by Crippen LogP contribution is -3.00. The van der Waals surface area contributed by atoms with E-state index in [0.717, 1.165) is 17.1 Å². The van der Waals surface area contributed by atoms with Gasteiger partial charge >= 0.3 is 19.1 Å². The summed E-state index contributed by atoms with van der Waals surface area (Å²) in [6.45, 7) is 6.19. The lowest BCUT2D eigenvalue weighted by atomic mass is 10.0. The van der Waals surface area contributed by atoms with E-state index < -0.39 is 7.54 Å². The molecule has 0 atom stereocenters. The number of benzene rings is 2. The summed E-state index contributed by atoms with van der Waals surface area (Å²) in [5.74, 6) is 1.83. The van der Waals surface area contributed by atoms with Crippen molar-refractivity contribution in [3.8, 4) is 22.5 Å². The molecule has 3 aromatic rings. The van der Waals surface area contributed by atoms with Crippen LogP contribution in [0.3, 0.4) is 0 Å². The lowest BCUT2D eigenvalue weighted by molar-refractivity contribution is -0.00000862. The highest BCUT2D eigenvalue weighted by molar-refractivity contribution is 6.33. The predicted molar refractivity (Wildman–Crippen MR) is 97.3 cm³/mol. The highest BCUT2D eigenvalue weighted by Crippen LogP contribution is 2.28. The fraction of sp³-hybridized carbons (Fsp3) is 0.150. The molecule has 0 spiro atoms. The second-order valence-electron chi connectivity index (χ2n) is 5.80. The SMILES string of the molecule is Cc1ccc(-c2cc(C)[o+]c(-c3ccc(C)cc3)c2)cc1.FB(F)F.[F-]. The first-order valence-corrected chi connectivity index (χ1v) is 7.86. The van der Waals surface area contributed by atoms with Crippen molar-refractivity contribution in [1.29, 1.82) is 0 Å². The van der Waals surface area contributed by atoms with Crippen LogP contribution in [-0.4, -0.2) is 7.54 Å². The van der Waals surface area contributed by atoms with Crippen LogP contribution >= 0.6 is 0 Å². The van der Waals surface area contributed by atoms with Gasteiger partial charge in [0.15, 0.2) is 0 Å². The van der Waals surface area contributed by atoms with Crippen LogP contribution in [0, 0.1) is 20.8 Å². The molecular weight excluding hydrogens is 343 g/mol. The van der Waals surface area contributed by atoms with E-state index in [1.165, 1.54) is 22.3 Å². The molecule has 3 rings (SSSR count). The molecule has 0 amide bonds. The molecule has 1 heterocycles. The van der Waals surface area contributed by atoms with Gasteiger partial charge in [0, 0.05) is 11.6 Å². The second-order valence-corrected chi connectivity index (χ2v) is 5.80. The zero-order valence-electron chi connectivity index (χ0n) is 14.8. The molecule has 0 saturated heterocycles. The summed E-state index contributed by atoms with van der Waals surface area (Å²) < 4.78 is 34.9. The third-order valence-electron chi connectivity index (χ3n) is 3.64. The molecule has 0 N–H and O–H groups in total. The van der Waals surface area contributed by atoms with Crippen LogP contribution < -0.4 is 4.70 Å². The van der Waals surface area contributed by atoms with E-state index in [9.17, 15) is 12.9 Å². The minimum Gasteiger partial charge on any atom is -1.00 e. The largest absolute Gasteiger partial charge is 1.00 e. The Morgan fingerprint density at radius 2 is 1.08 bits per heavy atom. The van der Waals surface area contributed by atoms with Gasteiger partial charge in [0.05, 0.1) is 18.6 Å². The fourth-order valence-corrected chi connectivity index (χ4v) is 2.41. The van der Waals surface area contributed by atoms with Crippen LogP contribution in [0.1, 0.15) is 16.9 Å². The van der Waals surface area contributed by atoms with Crippen molar-refractivity contribution in [2.75, 3.05) is 0 Å². The van der Waals surface area contributed by atoms with Gasteiger partial charge in [0.25, 0.3) is 0 Å². The van der Waals surface area contributed by atoms with Crippen molar-refractivity contribution in [3.05, 3.63) is 77.6 Å². The van der Waals surface area contributed by atoms with Crippen LogP contribution in [0.2, 0.25) is 0 Å². The number of halogens is 4. The molecule has 0 saturated carbocycles. The highest BCUT2D eigenvalue weighted by atomic mass is 19.4. The molecule has 0 bridgehead atoms. The molecule has 6 heteroatoms. The van der Waals surface area contributed by atoms with Gasteiger partial charge in [0.1, 0.15) is 0 Å². The second kappa shape index (κ2) is 9.75. The number of rotatable bonds is 2. The lowest BCUT2D eigenvalue weighted by Gasteiger charge is -2.02. The number of hydrogen-bond acceptors (Lipinski definition) is 0. The van der Waals surface area contributed by atoms with Crippen LogP contribution in [-0.2, 0) is 0 Å². The average molecular weight is 362 g/mol. The maximum Gasteiger partial charge on any atom is 0.762 e. The summed E-state index contributed by atoms with van der Waals surface area (Å²) in [6, 6.07) is 21.2. The fourth-order valence-electron chi connectivity index (χ4n) is 2.41. The Labute approximate surface area is 151 Å². The first-order valence-electron chi connectivity index (χ1n) is 7.86. The van der Waals surface area contributed by atoms with E-state index in [0.29, 0.717) is 0 Å². The van der Waals surface area contributed by atoms with Gasteiger partial charge in [-0.25, -0.2) is 4.42 Å². The molecule has 0 aliphatic heterocycles. The van der Waals surface area contributed by atoms with Gasteiger partial charge in [-0.15, -0.1) is 0 Å². The van der Waals surface area contributed by atoms with E-state index in [1.807, 2.05) is 6.92 Å². The minimum absolute atomic E-state index is 0. The molecular formula is C20H19BF4O. The third-order valence-corrected chi connectivity index (χ3v) is 3.64. The van der Waals surface area contributed by atoms with E-state index in [4.69, 9.17) is 4.42 Å². The summed E-state index contributed by atoms with van der Waals surface area (Å²) in [5, 5.41) is 0. The molecule has 2 aromatic carbocycles. The zero-order valence-corrected chi connectivity index (χ0v) is 14.8. The van der Waals surface area contributed by atoms with Gasteiger partial charge in [-0.05, 0) is 31.5 Å². The average Bonchev–Trinajstić information content (AvgIpc) is 2.55. The molecule has 0 unspecified atom stereocenters. The van der Waals surface area contributed by atoms with Crippen molar-refractivity contribution in [2.24, 2.45) is 0 Å². The Bertz CT molecular complexity index is 752.